The molecule has 1 aliphatic heterocycles. The molecule has 156 valence electrons. The Bertz CT molecular complexity index is 980. The highest BCUT2D eigenvalue weighted by atomic mass is 35.5. The lowest BCUT2D eigenvalue weighted by molar-refractivity contribution is -0.117. The Morgan fingerprint density at radius 1 is 1.03 bits per heavy atom. The number of nitrogens with one attached hydrogen (secondary N) is 1. The monoisotopic (exact) mass is 425 g/mol. The molecule has 3 aromatic rings. The summed E-state index contributed by atoms with van der Waals surface area (Å²) in [6, 6.07) is 15.2. The predicted octanol–water partition coefficient (Wildman–Crippen LogP) is 3.45. The molecular weight excluding hydrogens is 402 g/mol. The highest BCUT2D eigenvalue weighted by Gasteiger charge is 2.21. The minimum absolute atomic E-state index is 0.0109. The second-order valence-corrected chi connectivity index (χ2v) is 7.92. The van der Waals surface area contributed by atoms with Crippen molar-refractivity contribution in [2.75, 3.05) is 38.0 Å². The van der Waals surface area contributed by atoms with Crippen molar-refractivity contribution < 1.29 is 9.32 Å². The van der Waals surface area contributed by atoms with Crippen molar-refractivity contribution in [2.24, 2.45) is 0 Å². The molecule has 2 aromatic carbocycles. The molecule has 0 atom stereocenters. The minimum atomic E-state index is 0.0109. The first-order chi connectivity index (χ1) is 14.5. The van der Waals surface area contributed by atoms with Gasteiger partial charge in [-0.3, -0.25) is 14.6 Å². The highest BCUT2D eigenvalue weighted by Crippen LogP contribution is 2.19. The molecule has 1 saturated heterocycles. The number of piperazine rings is 1. The van der Waals surface area contributed by atoms with Crippen LogP contribution in [0.3, 0.4) is 0 Å². The van der Waals surface area contributed by atoms with Crippen LogP contribution in [0.25, 0.3) is 11.4 Å². The van der Waals surface area contributed by atoms with Gasteiger partial charge in [0, 0.05) is 42.5 Å². The quantitative estimate of drug-likeness (QED) is 0.652. The minimum Gasteiger partial charge on any atom is -0.338 e. The third kappa shape index (κ3) is 5.44. The second-order valence-electron chi connectivity index (χ2n) is 7.49. The third-order valence-corrected chi connectivity index (χ3v) is 5.35. The maximum Gasteiger partial charge on any atom is 0.241 e. The number of carbonyl (C=O) groups is 1. The van der Waals surface area contributed by atoms with Crippen LogP contribution in [0.15, 0.2) is 53.1 Å². The number of benzene rings is 2. The molecule has 2 heterocycles. The maximum absolute atomic E-state index is 12.3. The zero-order valence-electron chi connectivity index (χ0n) is 16.8. The van der Waals surface area contributed by atoms with Crippen LogP contribution in [0.4, 0.5) is 5.69 Å². The van der Waals surface area contributed by atoms with Gasteiger partial charge in [0.2, 0.25) is 17.6 Å². The van der Waals surface area contributed by atoms with Crippen molar-refractivity contribution >= 4 is 23.2 Å². The fourth-order valence-corrected chi connectivity index (χ4v) is 3.50. The van der Waals surface area contributed by atoms with E-state index in [9.17, 15) is 4.79 Å². The van der Waals surface area contributed by atoms with Crippen LogP contribution in [0, 0.1) is 6.92 Å². The summed E-state index contributed by atoms with van der Waals surface area (Å²) in [5.41, 5.74) is 2.88. The van der Waals surface area contributed by atoms with Gasteiger partial charge in [-0.1, -0.05) is 34.5 Å². The third-order valence-electron chi connectivity index (χ3n) is 5.10. The van der Waals surface area contributed by atoms with E-state index in [-0.39, 0.29) is 5.91 Å². The highest BCUT2D eigenvalue weighted by molar-refractivity contribution is 6.30. The molecule has 1 amide bonds. The van der Waals surface area contributed by atoms with E-state index < -0.39 is 0 Å². The number of aryl methyl sites for hydroxylation is 1. The summed E-state index contributed by atoms with van der Waals surface area (Å²) in [4.78, 5) is 21.2. The number of rotatable bonds is 6. The van der Waals surface area contributed by atoms with E-state index in [4.69, 9.17) is 16.1 Å². The average molecular weight is 426 g/mol. The molecule has 7 nitrogen and oxygen atoms in total. The molecule has 8 heteroatoms. The van der Waals surface area contributed by atoms with Crippen LogP contribution in [0.5, 0.6) is 0 Å². The lowest BCUT2D eigenvalue weighted by atomic mass is 10.2. The first-order valence-corrected chi connectivity index (χ1v) is 10.3. The maximum atomic E-state index is 12.3. The van der Waals surface area contributed by atoms with Crippen molar-refractivity contribution in [3.05, 3.63) is 65.0 Å². The van der Waals surface area contributed by atoms with Crippen molar-refractivity contribution in [3.8, 4) is 11.4 Å². The Hall–Kier alpha value is -2.74. The van der Waals surface area contributed by atoms with Crippen molar-refractivity contribution in [3.63, 3.8) is 0 Å². The van der Waals surface area contributed by atoms with E-state index in [1.165, 1.54) is 5.56 Å². The number of hydrogen-bond acceptors (Lipinski definition) is 6. The number of amides is 1. The fraction of sp³-hybridized carbons (Fsp3) is 0.318. The summed E-state index contributed by atoms with van der Waals surface area (Å²) in [5.74, 6) is 1.16. The Morgan fingerprint density at radius 3 is 2.40 bits per heavy atom. The smallest absolute Gasteiger partial charge is 0.241 e. The molecule has 30 heavy (non-hydrogen) atoms. The van der Waals surface area contributed by atoms with Crippen LogP contribution in [-0.4, -0.2) is 58.6 Å². The van der Waals surface area contributed by atoms with E-state index in [0.29, 0.717) is 29.8 Å². The van der Waals surface area contributed by atoms with Gasteiger partial charge >= 0.3 is 0 Å². The zero-order chi connectivity index (χ0) is 20.9. The van der Waals surface area contributed by atoms with E-state index in [0.717, 1.165) is 37.4 Å². The van der Waals surface area contributed by atoms with Crippen LogP contribution >= 0.6 is 11.6 Å². The Balaban J connectivity index is 1.23. The molecular formula is C22H24ClN5O2. The Kier molecular flexibility index (Phi) is 6.42. The number of hydrogen-bond donors (Lipinski definition) is 1. The number of aromatic nitrogens is 2. The molecule has 4 rings (SSSR count). The van der Waals surface area contributed by atoms with E-state index in [2.05, 4.69) is 25.3 Å². The molecule has 0 unspecified atom stereocenters. The lowest BCUT2D eigenvalue weighted by Gasteiger charge is -2.33. The summed E-state index contributed by atoms with van der Waals surface area (Å²) in [6.07, 6.45) is 0. The van der Waals surface area contributed by atoms with E-state index >= 15 is 0 Å². The summed E-state index contributed by atoms with van der Waals surface area (Å²) in [7, 11) is 0. The molecule has 1 aliphatic rings. The van der Waals surface area contributed by atoms with Gasteiger partial charge in [-0.2, -0.15) is 4.98 Å². The Labute approximate surface area is 180 Å². The molecule has 1 N–H and O–H groups in total. The topological polar surface area (TPSA) is 74.5 Å². The van der Waals surface area contributed by atoms with Gasteiger partial charge in [-0.05, 0) is 43.3 Å². The molecule has 0 spiro atoms. The van der Waals surface area contributed by atoms with E-state index in [1.807, 2.05) is 43.3 Å². The lowest BCUT2D eigenvalue weighted by Crippen LogP contribution is -2.48. The van der Waals surface area contributed by atoms with Crippen molar-refractivity contribution in [2.45, 2.75) is 13.5 Å². The SMILES string of the molecule is Cc1ccc(NC(=O)CN2CCN(Cc3nc(-c4ccc(Cl)cc4)no3)CC2)cc1. The number of carbonyl (C=O) groups excluding carboxylic acids is 1. The van der Waals surface area contributed by atoms with Crippen LogP contribution in [0.2, 0.25) is 5.02 Å². The predicted molar refractivity (Wildman–Crippen MR) is 116 cm³/mol. The van der Waals surface area contributed by atoms with Crippen molar-refractivity contribution in [1.29, 1.82) is 0 Å². The van der Waals surface area contributed by atoms with Crippen molar-refractivity contribution in [1.82, 2.24) is 19.9 Å². The standard InChI is InChI=1S/C22H24ClN5O2/c1-16-2-8-19(9-3-16)24-20(29)14-27-10-12-28(13-11-27)15-21-25-22(26-30-21)17-4-6-18(23)7-5-17/h2-9H,10-15H2,1H3,(H,24,29). The summed E-state index contributed by atoms with van der Waals surface area (Å²) >= 11 is 5.92. The summed E-state index contributed by atoms with van der Waals surface area (Å²) in [5, 5.41) is 7.69. The summed E-state index contributed by atoms with van der Waals surface area (Å²) < 4.78 is 5.40. The molecule has 0 radical (unpaired) electrons. The van der Waals surface area contributed by atoms with Gasteiger partial charge in [-0.15, -0.1) is 0 Å². The largest absolute Gasteiger partial charge is 0.338 e. The first kappa shape index (κ1) is 20.5. The second kappa shape index (κ2) is 9.38. The molecule has 0 saturated carbocycles. The zero-order valence-corrected chi connectivity index (χ0v) is 17.6. The van der Waals surface area contributed by atoms with Gasteiger partial charge in [0.25, 0.3) is 0 Å². The molecule has 1 aromatic heterocycles. The van der Waals surface area contributed by atoms with Gasteiger partial charge in [0.1, 0.15) is 0 Å². The molecule has 1 fully saturated rings. The van der Waals surface area contributed by atoms with Crippen LogP contribution < -0.4 is 5.32 Å². The van der Waals surface area contributed by atoms with Gasteiger partial charge < -0.3 is 9.84 Å². The molecule has 0 aliphatic carbocycles. The fourth-order valence-electron chi connectivity index (χ4n) is 3.37. The van der Waals surface area contributed by atoms with Crippen LogP contribution in [0.1, 0.15) is 11.5 Å². The molecule has 0 bridgehead atoms. The normalized spacial score (nSPS) is 15.3. The van der Waals surface area contributed by atoms with Gasteiger partial charge in [0.15, 0.2) is 0 Å². The number of nitrogens with zero attached hydrogens (tertiary/aromatic N) is 4. The number of anilines is 1. The number of halogens is 1. The Morgan fingerprint density at radius 2 is 1.70 bits per heavy atom. The van der Waals surface area contributed by atoms with E-state index in [1.54, 1.807) is 12.1 Å². The van der Waals surface area contributed by atoms with Crippen LogP contribution in [-0.2, 0) is 11.3 Å². The first-order valence-electron chi connectivity index (χ1n) is 9.95. The van der Waals surface area contributed by atoms with Gasteiger partial charge in [-0.25, -0.2) is 0 Å². The average Bonchev–Trinajstić information content (AvgIpc) is 3.20. The summed E-state index contributed by atoms with van der Waals surface area (Å²) in [6.45, 7) is 6.34. The van der Waals surface area contributed by atoms with Gasteiger partial charge in [0.05, 0.1) is 13.1 Å².